The van der Waals surface area contributed by atoms with Crippen LogP contribution in [0.15, 0.2) is 24.3 Å². The quantitative estimate of drug-likeness (QED) is 0.866. The summed E-state index contributed by atoms with van der Waals surface area (Å²) in [5, 5.41) is 5.71. The highest BCUT2D eigenvalue weighted by molar-refractivity contribution is 7.79. The van der Waals surface area contributed by atoms with Crippen molar-refractivity contribution in [2.45, 2.75) is 25.8 Å². The fraction of sp³-hybridized carbons (Fsp3) is 0.267. The van der Waals surface area contributed by atoms with E-state index in [1.54, 1.807) is 5.37 Å². The lowest BCUT2D eigenvalue weighted by atomic mass is 10.1. The number of hydrogen-bond donors (Lipinski definition) is 1. The molecule has 0 unspecified atom stereocenters. The molecule has 3 nitrogen and oxygen atoms in total. The van der Waals surface area contributed by atoms with Gasteiger partial charge in [0.25, 0.3) is 0 Å². The van der Waals surface area contributed by atoms with Crippen LogP contribution in [0.3, 0.4) is 0 Å². The molecule has 5 heteroatoms. The third-order valence-electron chi connectivity index (χ3n) is 3.22. The SMILES string of the molecule is Cc1nc(NC2CC2)c(C=S)c(-c2ccccc2Cl)n1. The Labute approximate surface area is 128 Å². The predicted octanol–water partition coefficient (Wildman–Crippen LogP) is 4.03. The van der Waals surface area contributed by atoms with Crippen molar-refractivity contribution in [2.75, 3.05) is 5.32 Å². The predicted molar refractivity (Wildman–Crippen MR) is 86.6 cm³/mol. The molecule has 0 radical (unpaired) electrons. The van der Waals surface area contributed by atoms with Gasteiger partial charge in [-0.25, -0.2) is 9.97 Å². The normalized spacial score (nSPS) is 14.1. The van der Waals surface area contributed by atoms with E-state index in [0.717, 1.165) is 22.6 Å². The summed E-state index contributed by atoms with van der Waals surface area (Å²) in [7, 11) is 0. The minimum absolute atomic E-state index is 0.511. The molecule has 1 aliphatic rings. The first-order valence-corrected chi connectivity index (χ1v) is 7.39. The van der Waals surface area contributed by atoms with Gasteiger partial charge in [0.2, 0.25) is 0 Å². The summed E-state index contributed by atoms with van der Waals surface area (Å²) < 4.78 is 0. The van der Waals surface area contributed by atoms with Gasteiger partial charge >= 0.3 is 0 Å². The van der Waals surface area contributed by atoms with Crippen molar-refractivity contribution in [3.05, 3.63) is 40.7 Å². The van der Waals surface area contributed by atoms with E-state index in [4.69, 9.17) is 23.8 Å². The third kappa shape index (κ3) is 2.67. The van der Waals surface area contributed by atoms with Crippen molar-refractivity contribution in [3.8, 4) is 11.3 Å². The highest BCUT2D eigenvalue weighted by Gasteiger charge is 2.24. The molecule has 0 bridgehead atoms. The summed E-state index contributed by atoms with van der Waals surface area (Å²) in [4.78, 5) is 9.01. The fourth-order valence-corrected chi connectivity index (χ4v) is 2.53. The Kier molecular flexibility index (Phi) is 3.68. The van der Waals surface area contributed by atoms with Crippen molar-refractivity contribution in [3.63, 3.8) is 0 Å². The average Bonchev–Trinajstić information content (AvgIpc) is 3.23. The molecule has 1 aliphatic carbocycles. The molecule has 1 aromatic heterocycles. The molecule has 1 N–H and O–H groups in total. The third-order valence-corrected chi connectivity index (χ3v) is 3.79. The number of benzene rings is 1. The first kappa shape index (κ1) is 13.5. The number of aromatic nitrogens is 2. The van der Waals surface area contributed by atoms with Gasteiger partial charge in [-0.2, -0.15) is 0 Å². The van der Waals surface area contributed by atoms with Gasteiger partial charge in [0.05, 0.1) is 11.3 Å². The molecular formula is C15H14ClN3S. The first-order valence-electron chi connectivity index (χ1n) is 6.54. The zero-order valence-corrected chi connectivity index (χ0v) is 12.6. The van der Waals surface area contributed by atoms with E-state index in [-0.39, 0.29) is 0 Å². The molecule has 0 aliphatic heterocycles. The Morgan fingerprint density at radius 2 is 2.05 bits per heavy atom. The summed E-state index contributed by atoms with van der Waals surface area (Å²) >= 11 is 11.4. The van der Waals surface area contributed by atoms with E-state index in [1.807, 2.05) is 31.2 Å². The number of hydrogen-bond acceptors (Lipinski definition) is 4. The maximum absolute atomic E-state index is 6.28. The molecule has 1 fully saturated rings. The van der Waals surface area contributed by atoms with E-state index in [1.165, 1.54) is 12.8 Å². The molecule has 0 spiro atoms. The zero-order valence-electron chi connectivity index (χ0n) is 11.1. The lowest BCUT2D eigenvalue weighted by Gasteiger charge is -2.13. The second-order valence-corrected chi connectivity index (χ2v) is 5.54. The van der Waals surface area contributed by atoms with E-state index in [9.17, 15) is 0 Å². The van der Waals surface area contributed by atoms with Crippen molar-refractivity contribution < 1.29 is 0 Å². The van der Waals surface area contributed by atoms with E-state index in [0.29, 0.717) is 16.9 Å². The zero-order chi connectivity index (χ0) is 14.1. The standard InChI is InChI=1S/C15H14ClN3S/c1-9-17-14(11-4-2-3-5-13(11)16)12(8-20)15(18-9)19-10-6-7-10/h2-5,8,10H,6-7H2,1H3,(H,17,18,19). The van der Waals surface area contributed by atoms with Crippen LogP contribution in [0.2, 0.25) is 5.02 Å². The molecule has 0 amide bonds. The first-order chi connectivity index (χ1) is 9.69. The molecular weight excluding hydrogens is 290 g/mol. The van der Waals surface area contributed by atoms with Crippen LogP contribution in [0, 0.1) is 6.92 Å². The van der Waals surface area contributed by atoms with Crippen molar-refractivity contribution in [1.82, 2.24) is 9.97 Å². The fourth-order valence-electron chi connectivity index (χ4n) is 2.08. The van der Waals surface area contributed by atoms with Crippen LogP contribution >= 0.6 is 23.8 Å². The molecule has 1 saturated carbocycles. The van der Waals surface area contributed by atoms with Gasteiger partial charge in [-0.3, -0.25) is 0 Å². The van der Waals surface area contributed by atoms with Crippen LogP contribution < -0.4 is 5.32 Å². The summed E-state index contributed by atoms with van der Waals surface area (Å²) in [6.45, 7) is 1.88. The van der Waals surface area contributed by atoms with Crippen LogP contribution in [0.25, 0.3) is 11.3 Å². The van der Waals surface area contributed by atoms with Crippen molar-refractivity contribution >= 4 is 35.0 Å². The second-order valence-electron chi connectivity index (χ2n) is 4.90. The van der Waals surface area contributed by atoms with Crippen LogP contribution in [0.5, 0.6) is 0 Å². The Hall–Kier alpha value is -1.52. The van der Waals surface area contributed by atoms with Gasteiger partial charge in [-0.1, -0.05) is 42.0 Å². The van der Waals surface area contributed by atoms with E-state index < -0.39 is 0 Å². The maximum atomic E-state index is 6.28. The Bertz CT molecular complexity index is 668. The van der Waals surface area contributed by atoms with Crippen LogP contribution in [-0.2, 0) is 0 Å². The van der Waals surface area contributed by atoms with Crippen LogP contribution in [0.1, 0.15) is 24.2 Å². The van der Waals surface area contributed by atoms with Gasteiger partial charge in [0, 0.05) is 22.0 Å². The highest BCUT2D eigenvalue weighted by Crippen LogP contribution is 2.33. The summed E-state index contributed by atoms with van der Waals surface area (Å²) in [6, 6.07) is 8.17. The molecule has 0 atom stereocenters. The molecule has 102 valence electrons. The molecule has 2 aromatic rings. The van der Waals surface area contributed by atoms with E-state index >= 15 is 0 Å². The molecule has 1 heterocycles. The Balaban J connectivity index is 2.16. The van der Waals surface area contributed by atoms with Crippen molar-refractivity contribution in [1.29, 1.82) is 0 Å². The summed E-state index contributed by atoms with van der Waals surface area (Å²) in [6.07, 6.45) is 2.36. The highest BCUT2D eigenvalue weighted by atomic mass is 35.5. The number of anilines is 1. The molecule has 1 aromatic carbocycles. The minimum Gasteiger partial charge on any atom is -0.367 e. The minimum atomic E-state index is 0.511. The number of nitrogens with zero attached hydrogens (tertiary/aromatic N) is 2. The molecule has 0 saturated heterocycles. The lowest BCUT2D eigenvalue weighted by Crippen LogP contribution is -2.10. The maximum Gasteiger partial charge on any atom is 0.138 e. The summed E-state index contributed by atoms with van der Waals surface area (Å²) in [5.41, 5.74) is 2.52. The Morgan fingerprint density at radius 1 is 1.30 bits per heavy atom. The number of halogens is 1. The largest absolute Gasteiger partial charge is 0.367 e. The Morgan fingerprint density at radius 3 is 2.70 bits per heavy atom. The number of rotatable bonds is 4. The number of aryl methyl sites for hydroxylation is 1. The number of thiocarbonyl (C=S) groups is 1. The topological polar surface area (TPSA) is 37.8 Å². The lowest BCUT2D eigenvalue weighted by molar-refractivity contribution is 1.02. The van der Waals surface area contributed by atoms with Gasteiger partial charge < -0.3 is 5.32 Å². The van der Waals surface area contributed by atoms with Gasteiger partial charge in [-0.05, 0) is 25.8 Å². The summed E-state index contributed by atoms with van der Waals surface area (Å²) in [5.74, 6) is 1.52. The van der Waals surface area contributed by atoms with Crippen LogP contribution in [0.4, 0.5) is 5.82 Å². The van der Waals surface area contributed by atoms with E-state index in [2.05, 4.69) is 15.3 Å². The van der Waals surface area contributed by atoms with Gasteiger partial charge in [0.1, 0.15) is 11.6 Å². The monoisotopic (exact) mass is 303 g/mol. The second kappa shape index (κ2) is 5.46. The van der Waals surface area contributed by atoms with Crippen LogP contribution in [-0.4, -0.2) is 21.4 Å². The van der Waals surface area contributed by atoms with Crippen molar-refractivity contribution in [2.24, 2.45) is 0 Å². The van der Waals surface area contributed by atoms with Gasteiger partial charge in [0.15, 0.2) is 0 Å². The average molecular weight is 304 g/mol. The molecule has 20 heavy (non-hydrogen) atoms. The number of nitrogens with one attached hydrogen (secondary N) is 1. The molecule has 3 rings (SSSR count). The smallest absolute Gasteiger partial charge is 0.138 e. The van der Waals surface area contributed by atoms with Gasteiger partial charge in [-0.15, -0.1) is 0 Å².